The zero-order valence-corrected chi connectivity index (χ0v) is 36.6. The molecule has 7 rings (SSSR count). The van der Waals surface area contributed by atoms with Crippen LogP contribution >= 0.6 is 0 Å². The lowest BCUT2D eigenvalue weighted by Crippen LogP contribution is -2.39. The lowest BCUT2D eigenvalue weighted by atomic mass is 10.00. The van der Waals surface area contributed by atoms with Gasteiger partial charge in [0.05, 0.1) is 16.1 Å². The van der Waals surface area contributed by atoms with Crippen molar-refractivity contribution in [1.82, 2.24) is 20.9 Å². The number of nitriles is 2. The van der Waals surface area contributed by atoms with Crippen LogP contribution in [0.5, 0.6) is 0 Å². The van der Waals surface area contributed by atoms with E-state index in [9.17, 15) is 20.6 Å². The molecule has 5 heterocycles. The average Bonchev–Trinajstić information content (AvgIpc) is 4.04. The van der Waals surface area contributed by atoms with Crippen molar-refractivity contribution >= 4 is 52.9 Å². The number of nitrogens with one attached hydrogen (secondary N) is 2. The van der Waals surface area contributed by atoms with Gasteiger partial charge in [0, 0.05) is 47.5 Å². The van der Waals surface area contributed by atoms with Crippen molar-refractivity contribution in [2.45, 2.75) is 142 Å². The molecule has 0 unspecified atom stereocenters. The minimum atomic E-state index is -0.441. The van der Waals surface area contributed by atoms with Crippen LogP contribution in [0.25, 0.3) is 0 Å². The third-order valence-electron chi connectivity index (χ3n) is 11.7. The molecule has 8 bridgehead atoms. The molecule has 0 fully saturated rings. The molecule has 17 nitrogen and oxygen atoms in total. The molecule has 328 valence electrons. The Morgan fingerprint density at radius 3 is 1.44 bits per heavy atom. The van der Waals surface area contributed by atoms with Crippen molar-refractivity contribution in [3.63, 3.8) is 0 Å². The molecule has 2 aromatic carbocycles. The van der Waals surface area contributed by atoms with Crippen molar-refractivity contribution in [3.8, 4) is 12.1 Å². The monoisotopic (exact) mass is 851 g/mol. The third kappa shape index (κ3) is 11.3. The predicted octanol–water partition coefficient (Wildman–Crippen LogP) is 8.97. The second-order valence-corrected chi connectivity index (χ2v) is 16.5. The minimum Gasteiger partial charge on any atom is -0.263 e. The number of hydrogen-bond acceptors (Lipinski definition) is 16. The second-order valence-electron chi connectivity index (χ2n) is 16.5. The summed E-state index contributed by atoms with van der Waals surface area (Å²) in [6, 6.07) is 12.0. The number of nitrogens with zero attached hydrogens (tertiary/aromatic N) is 13. The summed E-state index contributed by atoms with van der Waals surface area (Å²) < 4.78 is 0. The Bertz CT molecular complexity index is 2380. The molecular weight excluding hydrogens is 795 g/mol. The van der Waals surface area contributed by atoms with E-state index in [0.717, 1.165) is 38.5 Å². The Morgan fingerprint density at radius 2 is 0.937 bits per heavy atom. The van der Waals surface area contributed by atoms with E-state index in [1.165, 1.54) is 102 Å². The summed E-state index contributed by atoms with van der Waals surface area (Å²) in [6.45, 7) is 5.61. The first kappa shape index (κ1) is 44.4. The number of non-ortho nitro benzene ring substituents is 1. The molecule has 0 aromatic heterocycles. The summed E-state index contributed by atoms with van der Waals surface area (Å²) in [7, 11) is 0. The fourth-order valence-electron chi connectivity index (χ4n) is 8.15. The standard InChI is InChI=1S/C46H57N15O2/c1-3-5-7-9-11-13-15-17-19-21-25-59-45-53-39-35-24-23-34(61(62)63)29-38(35)42(49-39)54-46-56-44(58-60(46)26-22-20-18-16-14-12-10-8-6-4-2)52-41-37-28-33(31-48)32(30-47)27-36(37)40(50-41)51-43(55-45)57-59/h23-24,27-29H,3-22,25-26H2,1-2H3,(H2,49,50,51,52,53,54,55,56,57,58). The molecular formula is C46H57N15O2. The molecule has 0 amide bonds. The van der Waals surface area contributed by atoms with Gasteiger partial charge in [-0.05, 0) is 31.0 Å². The Hall–Kier alpha value is -6.62. The zero-order valence-electron chi connectivity index (χ0n) is 36.6. The van der Waals surface area contributed by atoms with Crippen molar-refractivity contribution in [1.29, 1.82) is 10.5 Å². The molecule has 0 saturated carbocycles. The summed E-state index contributed by atoms with van der Waals surface area (Å²) in [4.78, 5) is 50.3. The van der Waals surface area contributed by atoms with Gasteiger partial charge >= 0.3 is 0 Å². The van der Waals surface area contributed by atoms with Gasteiger partial charge in [0.25, 0.3) is 5.69 Å². The van der Waals surface area contributed by atoms with Crippen LogP contribution in [0.15, 0.2) is 70.3 Å². The van der Waals surface area contributed by atoms with Gasteiger partial charge < -0.3 is 0 Å². The Balaban J connectivity index is 1.20. The van der Waals surface area contributed by atoms with Gasteiger partial charge in [-0.15, -0.1) is 0 Å². The fraction of sp³-hybridized carbons (Fsp3) is 0.522. The molecule has 2 N–H and O–H groups in total. The summed E-state index contributed by atoms with van der Waals surface area (Å²) in [6.07, 6.45) is 23.7. The number of hydrogen-bond donors (Lipinski definition) is 2. The fourth-order valence-corrected chi connectivity index (χ4v) is 8.15. The Kier molecular flexibility index (Phi) is 15.5. The largest absolute Gasteiger partial charge is 0.270 e. The van der Waals surface area contributed by atoms with E-state index in [0.29, 0.717) is 47.1 Å². The van der Waals surface area contributed by atoms with Crippen LogP contribution in [0, 0.1) is 32.8 Å². The van der Waals surface area contributed by atoms with E-state index in [1.807, 2.05) is 5.01 Å². The van der Waals surface area contributed by atoms with E-state index < -0.39 is 4.92 Å². The number of nitro benzene ring substituents is 1. The predicted molar refractivity (Wildman–Crippen MR) is 248 cm³/mol. The highest BCUT2D eigenvalue weighted by atomic mass is 16.6. The smallest absolute Gasteiger partial charge is 0.263 e. The molecule has 0 atom stereocenters. The molecule has 0 spiro atoms. The number of rotatable bonds is 23. The highest BCUT2D eigenvalue weighted by Crippen LogP contribution is 2.29. The van der Waals surface area contributed by atoms with Crippen molar-refractivity contribution in [3.05, 3.63) is 73.8 Å². The van der Waals surface area contributed by atoms with Gasteiger partial charge in [0.1, 0.15) is 12.1 Å². The third-order valence-corrected chi connectivity index (χ3v) is 11.7. The molecule has 63 heavy (non-hydrogen) atoms. The zero-order chi connectivity index (χ0) is 44.0. The van der Waals surface area contributed by atoms with Gasteiger partial charge in [-0.1, -0.05) is 129 Å². The molecule has 0 radical (unpaired) electrons. The Labute approximate surface area is 369 Å². The number of aliphatic imine (C=N–C) groups is 8. The van der Waals surface area contributed by atoms with Crippen LogP contribution in [0.4, 0.5) is 5.69 Å². The molecule has 5 aliphatic heterocycles. The molecule has 0 aliphatic carbocycles. The summed E-state index contributed by atoms with van der Waals surface area (Å²) >= 11 is 0. The molecule has 5 aliphatic rings. The van der Waals surface area contributed by atoms with Gasteiger partial charge in [-0.3, -0.25) is 31.0 Å². The van der Waals surface area contributed by atoms with Crippen LogP contribution in [-0.2, 0) is 0 Å². The number of amidine groups is 4. The van der Waals surface area contributed by atoms with E-state index in [-0.39, 0.29) is 52.2 Å². The summed E-state index contributed by atoms with van der Waals surface area (Å²) in [5.41, 5.74) is 8.90. The molecule has 2 aromatic rings. The number of benzene rings is 2. The number of unbranched alkanes of at least 4 members (excludes halogenated alkanes) is 18. The summed E-state index contributed by atoms with van der Waals surface area (Å²) in [5, 5.41) is 35.5. The van der Waals surface area contributed by atoms with E-state index in [2.05, 4.69) is 36.8 Å². The van der Waals surface area contributed by atoms with Crippen LogP contribution in [0.1, 0.15) is 176 Å². The van der Waals surface area contributed by atoms with E-state index in [1.54, 1.807) is 23.2 Å². The van der Waals surface area contributed by atoms with Crippen LogP contribution in [0.3, 0.4) is 0 Å². The van der Waals surface area contributed by atoms with E-state index >= 15 is 0 Å². The maximum absolute atomic E-state index is 12.0. The second kappa shape index (κ2) is 21.9. The average molecular weight is 852 g/mol. The van der Waals surface area contributed by atoms with Crippen molar-refractivity contribution in [2.24, 2.45) is 39.9 Å². The quantitative estimate of drug-likeness (QED) is 0.0622. The first-order valence-electron chi connectivity index (χ1n) is 22.9. The van der Waals surface area contributed by atoms with Crippen molar-refractivity contribution in [2.75, 3.05) is 13.1 Å². The number of guanidine groups is 4. The first-order chi connectivity index (χ1) is 30.9. The van der Waals surface area contributed by atoms with Gasteiger partial charge in [0.15, 0.2) is 23.3 Å². The van der Waals surface area contributed by atoms with Crippen molar-refractivity contribution < 1.29 is 4.92 Å². The maximum Gasteiger partial charge on any atom is 0.270 e. The maximum atomic E-state index is 12.0. The number of fused-ring (bicyclic) bond motifs is 10. The molecule has 0 saturated heterocycles. The topological polar surface area (TPSA) is 220 Å². The normalized spacial score (nSPS) is 15.7. The van der Waals surface area contributed by atoms with Gasteiger partial charge in [0.2, 0.25) is 23.8 Å². The highest BCUT2D eigenvalue weighted by molar-refractivity contribution is 6.29. The number of nitro groups is 1. The van der Waals surface area contributed by atoms with Gasteiger partial charge in [-0.25, -0.2) is 9.98 Å². The van der Waals surface area contributed by atoms with E-state index in [4.69, 9.17) is 39.9 Å². The van der Waals surface area contributed by atoms with Crippen LogP contribution < -0.4 is 10.9 Å². The minimum absolute atomic E-state index is 0.0994. The lowest BCUT2D eigenvalue weighted by molar-refractivity contribution is -0.384. The van der Waals surface area contributed by atoms with Crippen LogP contribution in [-0.4, -0.2) is 75.2 Å². The number of hydrazine groups is 2. The lowest BCUT2D eigenvalue weighted by Gasteiger charge is -2.18. The van der Waals surface area contributed by atoms with Gasteiger partial charge in [-0.2, -0.15) is 40.5 Å². The SMILES string of the molecule is CCCCCCCCCCCCN1NC2=NC3=NC(=NC4=NC(=NC5=NC(=NC1=N2)c1cc([N+](=O)[O-])ccc15)N(CCCCCCCCCCCC)N4)c1cc(C#N)c(C#N)cc13. The summed E-state index contributed by atoms with van der Waals surface area (Å²) in [5.74, 6) is 2.01. The highest BCUT2D eigenvalue weighted by Gasteiger charge is 2.32. The molecule has 17 heteroatoms. The first-order valence-corrected chi connectivity index (χ1v) is 22.9. The Morgan fingerprint density at radius 1 is 0.508 bits per heavy atom. The van der Waals surface area contributed by atoms with Crippen LogP contribution in [0.2, 0.25) is 0 Å².